The lowest BCUT2D eigenvalue weighted by atomic mass is 10.1. The van der Waals surface area contributed by atoms with Crippen molar-refractivity contribution < 1.29 is 4.39 Å². The molecule has 10 heavy (non-hydrogen) atoms. The first-order chi connectivity index (χ1) is 4.84. The molecule has 0 saturated heterocycles. The standard InChI is InChI=1S/C8H12FN/c1-10-8-6-4-2-3-5-7(8)9/h2-5,7-8,10H,6H2,1H3. The summed E-state index contributed by atoms with van der Waals surface area (Å²) in [4.78, 5) is 0. The highest BCUT2D eigenvalue weighted by Gasteiger charge is 2.15. The van der Waals surface area contributed by atoms with Gasteiger partial charge in [0, 0.05) is 6.04 Å². The van der Waals surface area contributed by atoms with Crippen LogP contribution < -0.4 is 5.32 Å². The van der Waals surface area contributed by atoms with E-state index in [1.807, 2.05) is 12.2 Å². The Bertz CT molecular complexity index is 151. The van der Waals surface area contributed by atoms with E-state index in [0.29, 0.717) is 0 Å². The molecule has 0 heterocycles. The van der Waals surface area contributed by atoms with Gasteiger partial charge in [0.25, 0.3) is 0 Å². The van der Waals surface area contributed by atoms with Gasteiger partial charge in [0.05, 0.1) is 0 Å². The minimum atomic E-state index is -0.847. The molecule has 0 spiro atoms. The van der Waals surface area contributed by atoms with Gasteiger partial charge in [-0.3, -0.25) is 0 Å². The molecule has 0 aromatic rings. The number of alkyl halides is 1. The summed E-state index contributed by atoms with van der Waals surface area (Å²) in [5.74, 6) is 0. The van der Waals surface area contributed by atoms with Gasteiger partial charge in [0.15, 0.2) is 0 Å². The van der Waals surface area contributed by atoms with Crippen molar-refractivity contribution in [3.63, 3.8) is 0 Å². The molecule has 1 nitrogen and oxygen atoms in total. The summed E-state index contributed by atoms with van der Waals surface area (Å²) in [6.07, 6.45) is 7.10. The van der Waals surface area contributed by atoms with Crippen molar-refractivity contribution in [1.29, 1.82) is 0 Å². The van der Waals surface area contributed by atoms with E-state index in [2.05, 4.69) is 5.32 Å². The molecule has 2 atom stereocenters. The van der Waals surface area contributed by atoms with Gasteiger partial charge in [-0.25, -0.2) is 4.39 Å². The zero-order chi connectivity index (χ0) is 7.40. The maximum Gasteiger partial charge on any atom is 0.134 e. The highest BCUT2D eigenvalue weighted by molar-refractivity contribution is 5.11. The molecule has 0 saturated carbocycles. The molecule has 0 fully saturated rings. The lowest BCUT2D eigenvalue weighted by Gasteiger charge is -2.14. The van der Waals surface area contributed by atoms with Crippen molar-refractivity contribution in [1.82, 2.24) is 5.32 Å². The Hall–Kier alpha value is -0.630. The SMILES string of the molecule is CNC1CC=CC=CC1F. The van der Waals surface area contributed by atoms with E-state index in [0.717, 1.165) is 6.42 Å². The Morgan fingerprint density at radius 1 is 1.50 bits per heavy atom. The van der Waals surface area contributed by atoms with Crippen LogP contribution in [-0.2, 0) is 0 Å². The molecule has 1 rings (SSSR count). The molecule has 0 amide bonds. The number of hydrogen-bond donors (Lipinski definition) is 1. The third-order valence-corrected chi connectivity index (χ3v) is 1.69. The van der Waals surface area contributed by atoms with Gasteiger partial charge < -0.3 is 5.32 Å². The average Bonchev–Trinajstić information content (AvgIpc) is 2.13. The van der Waals surface area contributed by atoms with Gasteiger partial charge in [-0.15, -0.1) is 0 Å². The van der Waals surface area contributed by atoms with E-state index < -0.39 is 6.17 Å². The van der Waals surface area contributed by atoms with Gasteiger partial charge in [0.1, 0.15) is 6.17 Å². The van der Waals surface area contributed by atoms with Gasteiger partial charge in [-0.05, 0) is 19.5 Å². The number of rotatable bonds is 1. The van der Waals surface area contributed by atoms with Crippen LogP contribution >= 0.6 is 0 Å². The fraction of sp³-hybridized carbons (Fsp3) is 0.500. The molecule has 0 bridgehead atoms. The molecular weight excluding hydrogens is 129 g/mol. The van der Waals surface area contributed by atoms with Crippen LogP contribution in [0.5, 0.6) is 0 Å². The van der Waals surface area contributed by atoms with Crippen molar-refractivity contribution in [3.05, 3.63) is 24.3 Å². The Kier molecular flexibility index (Phi) is 2.63. The Balaban J connectivity index is 2.56. The summed E-state index contributed by atoms with van der Waals surface area (Å²) >= 11 is 0. The van der Waals surface area contributed by atoms with Crippen LogP contribution in [0.15, 0.2) is 24.3 Å². The van der Waals surface area contributed by atoms with Gasteiger partial charge in [0.2, 0.25) is 0 Å². The number of nitrogens with one attached hydrogen (secondary N) is 1. The van der Waals surface area contributed by atoms with Crippen LogP contribution in [0.2, 0.25) is 0 Å². The predicted molar refractivity (Wildman–Crippen MR) is 40.6 cm³/mol. The molecule has 0 aromatic heterocycles. The summed E-state index contributed by atoms with van der Waals surface area (Å²) in [6.45, 7) is 0. The van der Waals surface area contributed by atoms with Crippen LogP contribution in [0.1, 0.15) is 6.42 Å². The molecule has 0 aromatic carbocycles. The van der Waals surface area contributed by atoms with Gasteiger partial charge in [-0.1, -0.05) is 18.2 Å². The molecule has 0 radical (unpaired) electrons. The second-order valence-electron chi connectivity index (χ2n) is 2.39. The second-order valence-corrected chi connectivity index (χ2v) is 2.39. The molecule has 1 aliphatic rings. The molecule has 1 N–H and O–H groups in total. The maximum absolute atomic E-state index is 12.9. The largest absolute Gasteiger partial charge is 0.314 e. The fourth-order valence-corrected chi connectivity index (χ4v) is 1.02. The molecule has 1 aliphatic carbocycles. The topological polar surface area (TPSA) is 12.0 Å². The third-order valence-electron chi connectivity index (χ3n) is 1.69. The van der Waals surface area contributed by atoms with Crippen molar-refractivity contribution in [2.75, 3.05) is 7.05 Å². The predicted octanol–water partition coefficient (Wildman–Crippen LogP) is 1.43. The van der Waals surface area contributed by atoms with Crippen molar-refractivity contribution in [3.8, 4) is 0 Å². The van der Waals surface area contributed by atoms with Crippen LogP contribution in [0.25, 0.3) is 0 Å². The number of halogens is 1. The maximum atomic E-state index is 12.9. The van der Waals surface area contributed by atoms with Crippen LogP contribution in [0, 0.1) is 0 Å². The average molecular weight is 141 g/mol. The van der Waals surface area contributed by atoms with E-state index in [9.17, 15) is 4.39 Å². The van der Waals surface area contributed by atoms with E-state index in [1.165, 1.54) is 0 Å². The van der Waals surface area contributed by atoms with E-state index in [1.54, 1.807) is 19.2 Å². The molecular formula is C8H12FN. The van der Waals surface area contributed by atoms with Gasteiger partial charge in [-0.2, -0.15) is 0 Å². The first-order valence-electron chi connectivity index (χ1n) is 3.49. The van der Waals surface area contributed by atoms with E-state index >= 15 is 0 Å². The second kappa shape index (κ2) is 3.52. The molecule has 2 heteroatoms. The van der Waals surface area contributed by atoms with Crippen molar-refractivity contribution >= 4 is 0 Å². The van der Waals surface area contributed by atoms with Gasteiger partial charge >= 0.3 is 0 Å². The van der Waals surface area contributed by atoms with Crippen LogP contribution in [0.3, 0.4) is 0 Å². The zero-order valence-electron chi connectivity index (χ0n) is 6.05. The molecule has 56 valence electrons. The fourth-order valence-electron chi connectivity index (χ4n) is 1.02. The number of hydrogen-bond acceptors (Lipinski definition) is 1. The van der Waals surface area contributed by atoms with Crippen LogP contribution in [-0.4, -0.2) is 19.3 Å². The minimum Gasteiger partial charge on any atom is -0.314 e. The van der Waals surface area contributed by atoms with E-state index in [-0.39, 0.29) is 6.04 Å². The lowest BCUT2D eigenvalue weighted by Crippen LogP contribution is -2.32. The Morgan fingerprint density at radius 2 is 2.30 bits per heavy atom. The summed E-state index contributed by atoms with van der Waals surface area (Å²) in [7, 11) is 1.78. The monoisotopic (exact) mass is 141 g/mol. The number of allylic oxidation sites excluding steroid dienone is 2. The minimum absolute atomic E-state index is 0.0463. The first-order valence-corrected chi connectivity index (χ1v) is 3.49. The quantitative estimate of drug-likeness (QED) is 0.582. The first kappa shape index (κ1) is 7.48. The summed E-state index contributed by atoms with van der Waals surface area (Å²) in [5, 5.41) is 2.92. The molecule has 0 aliphatic heterocycles. The summed E-state index contributed by atoms with van der Waals surface area (Å²) in [6, 6.07) is -0.0463. The summed E-state index contributed by atoms with van der Waals surface area (Å²) in [5.41, 5.74) is 0. The van der Waals surface area contributed by atoms with Crippen molar-refractivity contribution in [2.45, 2.75) is 18.6 Å². The third kappa shape index (κ3) is 1.67. The Labute approximate surface area is 60.6 Å². The zero-order valence-corrected chi connectivity index (χ0v) is 6.05. The van der Waals surface area contributed by atoms with Crippen molar-refractivity contribution in [2.24, 2.45) is 0 Å². The van der Waals surface area contributed by atoms with E-state index in [4.69, 9.17) is 0 Å². The highest BCUT2D eigenvalue weighted by Crippen LogP contribution is 2.09. The molecule has 2 unspecified atom stereocenters. The lowest BCUT2D eigenvalue weighted by molar-refractivity contribution is 0.313. The highest BCUT2D eigenvalue weighted by atomic mass is 19.1. The smallest absolute Gasteiger partial charge is 0.134 e. The van der Waals surface area contributed by atoms with Crippen LogP contribution in [0.4, 0.5) is 4.39 Å². The Morgan fingerprint density at radius 3 is 3.00 bits per heavy atom. The normalized spacial score (nSPS) is 32.2. The summed E-state index contributed by atoms with van der Waals surface area (Å²) < 4.78 is 12.9.